The van der Waals surface area contributed by atoms with Crippen LogP contribution in [0.2, 0.25) is 0 Å². The number of benzene rings is 2. The van der Waals surface area contributed by atoms with Gasteiger partial charge in [0.1, 0.15) is 24.6 Å². The summed E-state index contributed by atoms with van der Waals surface area (Å²) in [6.45, 7) is 0. The number of hydrogen-bond acceptors (Lipinski definition) is 15. The van der Waals surface area contributed by atoms with E-state index in [1.54, 1.807) is 128 Å². The van der Waals surface area contributed by atoms with E-state index in [-0.39, 0.29) is 0 Å². The highest BCUT2D eigenvalue weighted by Gasteiger charge is 1.94. The van der Waals surface area contributed by atoms with Crippen LogP contribution >= 0.6 is 0 Å². The maximum absolute atomic E-state index is 4.10. The van der Waals surface area contributed by atoms with Crippen LogP contribution in [-0.2, 0) is 0 Å². The van der Waals surface area contributed by atoms with Crippen LogP contribution in [0.4, 0.5) is 0 Å². The summed E-state index contributed by atoms with van der Waals surface area (Å²) in [6.07, 6.45) is 54.2. The Balaban J connectivity index is 0.000000104. The fourth-order valence-corrected chi connectivity index (χ4v) is 9.34. The second kappa shape index (κ2) is 35.0. The first-order valence-corrected chi connectivity index (χ1v) is 31.1. The molecule has 25 nitrogen and oxygen atoms in total. The molecule has 0 aliphatic heterocycles. The number of nitrogens with zero attached hydrogens (tertiary/aromatic N) is 25. The van der Waals surface area contributed by atoms with Gasteiger partial charge in [-0.3, -0.25) is 9.97 Å². The molecule has 20 heterocycles. The van der Waals surface area contributed by atoms with Gasteiger partial charge in [0.25, 0.3) is 0 Å². The van der Waals surface area contributed by atoms with Crippen LogP contribution in [-0.4, -0.2) is 120 Å². The first-order valence-electron chi connectivity index (χ1n) is 31.1. The van der Waals surface area contributed by atoms with Crippen molar-refractivity contribution in [2.75, 3.05) is 0 Å². The van der Waals surface area contributed by atoms with E-state index in [4.69, 9.17) is 0 Å². The quantitative estimate of drug-likeness (QED) is 0.137. The van der Waals surface area contributed by atoms with Gasteiger partial charge >= 0.3 is 0 Å². The molecule has 0 amide bonds. The Labute approximate surface area is 570 Å². The molecule has 0 unspecified atom stereocenters. The molecule has 0 aliphatic carbocycles. The summed E-state index contributed by atoms with van der Waals surface area (Å²) in [7, 11) is 0. The lowest BCUT2D eigenvalue weighted by Gasteiger charge is -1.92. The maximum Gasteiger partial charge on any atom is 0.155 e. The van der Waals surface area contributed by atoms with Crippen molar-refractivity contribution >= 4 is 66.3 Å². The molecule has 0 fully saturated rings. The van der Waals surface area contributed by atoms with Crippen molar-refractivity contribution in [3.05, 3.63) is 387 Å². The highest BCUT2D eigenvalue weighted by molar-refractivity contribution is 5.82. The van der Waals surface area contributed by atoms with Gasteiger partial charge in [0.05, 0.1) is 89.1 Å². The molecule has 0 aliphatic rings. The summed E-state index contributed by atoms with van der Waals surface area (Å²) in [5.74, 6) is 0. The molecule has 25 heteroatoms. The number of rotatable bonds is 0. The van der Waals surface area contributed by atoms with Gasteiger partial charge in [-0.15, -0.1) is 0 Å². The van der Waals surface area contributed by atoms with Gasteiger partial charge in [-0.05, 0) is 138 Å². The molecule has 0 radical (unpaired) electrons. The highest BCUT2D eigenvalue weighted by atomic mass is 15.3. The summed E-state index contributed by atoms with van der Waals surface area (Å²) in [4.78, 5) is 35.7. The van der Waals surface area contributed by atoms with Crippen LogP contribution in [0.5, 0.6) is 0 Å². The zero-order valence-electron chi connectivity index (χ0n) is 53.6. The molecular weight excluding hydrogens is 1250 g/mol. The van der Waals surface area contributed by atoms with Crippen LogP contribution in [0.3, 0.4) is 0 Å². The SMILES string of the molecule is c1cc2ccncn2c1.c1cc2ccnn2cn1.c1cc2cnccn2c1.c1ccc2ccccc2c1.c1ccn2cncc2c1.c1ccn2nccc2c1.c1ccn2ncnc2c1.c1cn2nccc2cn1.c1cnc2cccn2c1.c1cnc2ccnn2c1.c1cnn2cncc2c1. The van der Waals surface area contributed by atoms with E-state index in [1.165, 1.54) is 22.6 Å². The minimum Gasteiger partial charge on any atom is -0.321 e. The largest absolute Gasteiger partial charge is 0.321 e. The molecule has 488 valence electrons. The molecular formula is C75H63N25. The lowest BCUT2D eigenvalue weighted by Crippen LogP contribution is -1.85. The Morgan fingerprint density at radius 3 is 1.35 bits per heavy atom. The Kier molecular flexibility index (Phi) is 22.8. The molecule has 0 saturated heterocycles. The van der Waals surface area contributed by atoms with Gasteiger partial charge in [0.2, 0.25) is 0 Å². The van der Waals surface area contributed by atoms with Gasteiger partial charge in [-0.25, -0.2) is 62.0 Å². The summed E-state index contributed by atoms with van der Waals surface area (Å²) in [6, 6.07) is 65.6. The summed E-state index contributed by atoms with van der Waals surface area (Å²) in [5.41, 5.74) is 10.5. The fraction of sp³-hybridized carbons (Fsp3) is 0. The van der Waals surface area contributed by atoms with Gasteiger partial charge in [0, 0.05) is 123 Å². The van der Waals surface area contributed by atoms with Crippen molar-refractivity contribution in [2.45, 2.75) is 0 Å². The summed E-state index contributed by atoms with van der Waals surface area (Å²) >= 11 is 0. The fourth-order valence-electron chi connectivity index (χ4n) is 9.34. The molecule has 22 rings (SSSR count). The smallest absolute Gasteiger partial charge is 0.155 e. The molecule has 0 bridgehead atoms. The van der Waals surface area contributed by atoms with E-state index in [1.807, 2.05) is 248 Å². The Bertz CT molecular complexity index is 4530. The third-order valence-electron chi connectivity index (χ3n) is 14.2. The number of imidazole rings is 2. The lowest BCUT2D eigenvalue weighted by molar-refractivity contribution is 0.921. The molecule has 22 aromatic rings. The first kappa shape index (κ1) is 65.3. The van der Waals surface area contributed by atoms with Crippen molar-refractivity contribution in [1.82, 2.24) is 120 Å². The summed E-state index contributed by atoms with van der Waals surface area (Å²) < 4.78 is 18.4. The first-order chi connectivity index (χ1) is 49.6. The third-order valence-corrected chi connectivity index (χ3v) is 14.2. The molecule has 0 spiro atoms. The predicted molar refractivity (Wildman–Crippen MR) is 385 cm³/mol. The van der Waals surface area contributed by atoms with Crippen LogP contribution in [0, 0.1) is 0 Å². The number of fused-ring (bicyclic) bond motifs is 11. The van der Waals surface area contributed by atoms with E-state index in [2.05, 4.69) is 124 Å². The number of aromatic nitrogens is 25. The van der Waals surface area contributed by atoms with Crippen molar-refractivity contribution in [1.29, 1.82) is 0 Å². The van der Waals surface area contributed by atoms with Crippen molar-refractivity contribution in [3.8, 4) is 0 Å². The van der Waals surface area contributed by atoms with Crippen LogP contribution < -0.4 is 0 Å². The zero-order chi connectivity index (χ0) is 67.9. The Hall–Kier alpha value is -14.8. The highest BCUT2D eigenvalue weighted by Crippen LogP contribution is 2.12. The second-order valence-corrected chi connectivity index (χ2v) is 20.8. The van der Waals surface area contributed by atoms with Gasteiger partial charge in [-0.2, -0.15) is 30.6 Å². The van der Waals surface area contributed by atoms with Crippen molar-refractivity contribution in [2.24, 2.45) is 0 Å². The number of hydrogen-bond donors (Lipinski definition) is 0. The van der Waals surface area contributed by atoms with Crippen LogP contribution in [0.1, 0.15) is 0 Å². The Morgan fingerprint density at radius 2 is 0.620 bits per heavy atom. The molecule has 2 aromatic carbocycles. The normalized spacial score (nSPS) is 10.2. The predicted octanol–water partition coefficient (Wildman–Crippen LogP) is 13.2. The Morgan fingerprint density at radius 1 is 0.190 bits per heavy atom. The average Bonchev–Trinajstić information content (AvgIpc) is 2.26. The molecule has 20 aromatic heterocycles. The molecule has 0 atom stereocenters. The molecule has 0 N–H and O–H groups in total. The monoisotopic (exact) mass is 1310 g/mol. The van der Waals surface area contributed by atoms with Crippen molar-refractivity contribution < 1.29 is 0 Å². The molecule has 0 saturated carbocycles. The minimum atomic E-state index is 0.887. The minimum absolute atomic E-state index is 0.887. The number of pyridine rings is 3. The maximum atomic E-state index is 4.10. The summed E-state index contributed by atoms with van der Waals surface area (Å²) in [5, 5.41) is 26.5. The third kappa shape index (κ3) is 18.8. The molecule has 100 heavy (non-hydrogen) atoms. The van der Waals surface area contributed by atoms with E-state index in [9.17, 15) is 0 Å². The average molecular weight is 1310 g/mol. The van der Waals surface area contributed by atoms with Gasteiger partial charge in [0.15, 0.2) is 11.3 Å². The van der Waals surface area contributed by atoms with E-state index in [0.717, 1.165) is 50.0 Å². The van der Waals surface area contributed by atoms with E-state index < -0.39 is 0 Å². The standard InChI is InChI=1S/C10H8.5C7H6N2.5C6H5N3/c1-2-6-10-8-4-3-7-9(10)5-1;1-3-7-8-4-2-6-9(7)5-1;1-2-7-3-4-8-6-9(7)5-1;1-2-7-6-8-3-5-9(7)4-1;1-2-6-9-7(3-1)4-5-8-9;1-2-4-9-6-8-5-7(9)3-1;1-3-7-5-9-6(1)2-4-8-9;1-3-7-6-2-4-8-9(6)5-1;1-2-8-9-4-3-7-5-6(1)9;1-2-6-4-7-5-9(6)8-3-1;1-2-4-9-6(3-1)7-5-8-9/h1-8H;5*1-6H;5*1-5H. The van der Waals surface area contributed by atoms with E-state index >= 15 is 0 Å². The zero-order valence-corrected chi connectivity index (χ0v) is 53.6. The van der Waals surface area contributed by atoms with Crippen LogP contribution in [0.25, 0.3) is 66.3 Å². The second-order valence-electron chi connectivity index (χ2n) is 20.8. The van der Waals surface area contributed by atoms with Gasteiger partial charge in [-0.1, -0.05) is 66.7 Å². The van der Waals surface area contributed by atoms with E-state index in [0.29, 0.717) is 0 Å². The van der Waals surface area contributed by atoms with Gasteiger partial charge < -0.3 is 17.6 Å². The topological polar surface area (TPSA) is 237 Å². The van der Waals surface area contributed by atoms with Crippen molar-refractivity contribution in [3.63, 3.8) is 0 Å². The lowest BCUT2D eigenvalue weighted by atomic mass is 10.1. The van der Waals surface area contributed by atoms with Crippen LogP contribution in [0.15, 0.2) is 387 Å².